The van der Waals surface area contributed by atoms with E-state index in [-0.39, 0.29) is 18.7 Å². The SMILES string of the molecule is CC(C)N1C(=O)/C(=C/c2ccc3c(c2)OCO3)SC1=S. The predicted molar refractivity (Wildman–Crippen MR) is 82.7 cm³/mol. The molecule has 6 heteroatoms. The standard InChI is InChI=1S/C14H13NO3S2/c1-8(2)15-13(16)12(20-14(15)19)6-9-3-4-10-11(5-9)18-7-17-10/h3-6,8H,7H2,1-2H3/b12-6-. The number of ether oxygens (including phenoxy) is 2. The summed E-state index contributed by atoms with van der Waals surface area (Å²) in [6.45, 7) is 4.15. The van der Waals surface area contributed by atoms with E-state index in [0.29, 0.717) is 15.0 Å². The molecule has 0 N–H and O–H groups in total. The Kier molecular flexibility index (Phi) is 3.43. The second-order valence-corrected chi connectivity index (χ2v) is 6.43. The first kappa shape index (κ1) is 13.5. The van der Waals surface area contributed by atoms with Crippen LogP contribution in [0.15, 0.2) is 23.1 Å². The predicted octanol–water partition coefficient (Wildman–Crippen LogP) is 3.02. The highest BCUT2D eigenvalue weighted by molar-refractivity contribution is 8.26. The molecule has 2 aliphatic rings. The van der Waals surface area contributed by atoms with E-state index >= 15 is 0 Å². The summed E-state index contributed by atoms with van der Waals surface area (Å²) in [6.07, 6.45) is 1.84. The molecule has 104 valence electrons. The van der Waals surface area contributed by atoms with Crippen molar-refractivity contribution in [2.45, 2.75) is 19.9 Å². The Bertz CT molecular complexity index is 625. The van der Waals surface area contributed by atoms with Gasteiger partial charge in [0.15, 0.2) is 11.5 Å². The maximum Gasteiger partial charge on any atom is 0.266 e. The van der Waals surface area contributed by atoms with Crippen molar-refractivity contribution in [1.82, 2.24) is 4.90 Å². The van der Waals surface area contributed by atoms with Gasteiger partial charge in [0.2, 0.25) is 6.79 Å². The third-order valence-electron chi connectivity index (χ3n) is 3.03. The van der Waals surface area contributed by atoms with E-state index in [1.165, 1.54) is 11.8 Å². The van der Waals surface area contributed by atoms with Crippen molar-refractivity contribution >= 4 is 40.3 Å². The van der Waals surface area contributed by atoms with Gasteiger partial charge in [-0.3, -0.25) is 9.69 Å². The van der Waals surface area contributed by atoms with Gasteiger partial charge in [0, 0.05) is 6.04 Å². The first-order valence-electron chi connectivity index (χ1n) is 6.23. The fraction of sp³-hybridized carbons (Fsp3) is 0.286. The van der Waals surface area contributed by atoms with Crippen molar-refractivity contribution in [3.05, 3.63) is 28.7 Å². The van der Waals surface area contributed by atoms with Gasteiger partial charge in [-0.2, -0.15) is 0 Å². The number of rotatable bonds is 2. The average molecular weight is 307 g/mol. The van der Waals surface area contributed by atoms with E-state index in [4.69, 9.17) is 21.7 Å². The van der Waals surface area contributed by atoms with Crippen LogP contribution in [0, 0.1) is 0 Å². The summed E-state index contributed by atoms with van der Waals surface area (Å²) in [6, 6.07) is 5.68. The summed E-state index contributed by atoms with van der Waals surface area (Å²) in [4.78, 5) is 14.6. The van der Waals surface area contributed by atoms with Crippen LogP contribution in [0.5, 0.6) is 11.5 Å². The molecule has 0 spiro atoms. The van der Waals surface area contributed by atoms with Crippen molar-refractivity contribution in [1.29, 1.82) is 0 Å². The quantitative estimate of drug-likeness (QED) is 0.620. The molecular weight excluding hydrogens is 294 g/mol. The van der Waals surface area contributed by atoms with Gasteiger partial charge in [-0.15, -0.1) is 0 Å². The van der Waals surface area contributed by atoms with Crippen molar-refractivity contribution < 1.29 is 14.3 Å². The summed E-state index contributed by atoms with van der Waals surface area (Å²) in [5.74, 6) is 1.41. The fourth-order valence-electron chi connectivity index (χ4n) is 2.08. The van der Waals surface area contributed by atoms with E-state index in [2.05, 4.69) is 0 Å². The number of carbonyl (C=O) groups is 1. The van der Waals surface area contributed by atoms with Crippen LogP contribution in [0.1, 0.15) is 19.4 Å². The molecule has 0 atom stereocenters. The Morgan fingerprint density at radius 3 is 2.80 bits per heavy atom. The normalized spacial score (nSPS) is 19.6. The second kappa shape index (κ2) is 5.10. The number of fused-ring (bicyclic) bond motifs is 1. The monoisotopic (exact) mass is 307 g/mol. The van der Waals surface area contributed by atoms with Crippen molar-refractivity contribution in [2.75, 3.05) is 6.79 Å². The third kappa shape index (κ3) is 2.29. The maximum atomic E-state index is 12.3. The number of carbonyl (C=O) groups excluding carboxylic acids is 1. The van der Waals surface area contributed by atoms with E-state index in [1.54, 1.807) is 4.90 Å². The molecule has 3 rings (SSSR count). The number of nitrogens with zero attached hydrogens (tertiary/aromatic N) is 1. The van der Waals surface area contributed by atoms with Gasteiger partial charge in [0.1, 0.15) is 4.32 Å². The van der Waals surface area contributed by atoms with Crippen molar-refractivity contribution in [2.24, 2.45) is 0 Å². The molecule has 2 heterocycles. The highest BCUT2D eigenvalue weighted by Crippen LogP contribution is 2.36. The average Bonchev–Trinajstić information content (AvgIpc) is 2.94. The molecule has 1 aromatic rings. The number of thioether (sulfide) groups is 1. The van der Waals surface area contributed by atoms with E-state index < -0.39 is 0 Å². The molecule has 0 radical (unpaired) electrons. The molecule has 4 nitrogen and oxygen atoms in total. The molecule has 0 unspecified atom stereocenters. The smallest absolute Gasteiger partial charge is 0.266 e. The second-order valence-electron chi connectivity index (χ2n) is 4.76. The molecule has 1 fully saturated rings. The lowest BCUT2D eigenvalue weighted by Gasteiger charge is -2.18. The van der Waals surface area contributed by atoms with Crippen LogP contribution >= 0.6 is 24.0 Å². The zero-order valence-corrected chi connectivity index (χ0v) is 12.7. The minimum Gasteiger partial charge on any atom is -0.454 e. The van der Waals surface area contributed by atoms with E-state index in [9.17, 15) is 4.79 Å². The first-order chi connectivity index (χ1) is 9.56. The summed E-state index contributed by atoms with van der Waals surface area (Å²) in [7, 11) is 0. The van der Waals surface area contributed by atoms with Gasteiger partial charge < -0.3 is 9.47 Å². The zero-order valence-electron chi connectivity index (χ0n) is 11.1. The Balaban J connectivity index is 1.90. The number of hydrogen-bond acceptors (Lipinski definition) is 5. The summed E-state index contributed by atoms with van der Waals surface area (Å²) >= 11 is 6.58. The third-order valence-corrected chi connectivity index (χ3v) is 4.36. The molecular formula is C14H13NO3S2. The lowest BCUT2D eigenvalue weighted by Crippen LogP contribution is -2.34. The topological polar surface area (TPSA) is 38.8 Å². The summed E-state index contributed by atoms with van der Waals surface area (Å²) < 4.78 is 11.2. The fourth-order valence-corrected chi connectivity index (χ4v) is 3.60. The Morgan fingerprint density at radius 1 is 1.35 bits per heavy atom. The van der Waals surface area contributed by atoms with Crippen LogP contribution in [0.25, 0.3) is 6.08 Å². The van der Waals surface area contributed by atoms with Crippen molar-refractivity contribution in [3.8, 4) is 11.5 Å². The molecule has 2 aliphatic heterocycles. The largest absolute Gasteiger partial charge is 0.454 e. The molecule has 1 aromatic carbocycles. The van der Waals surface area contributed by atoms with E-state index in [0.717, 1.165) is 11.3 Å². The number of benzene rings is 1. The Hall–Kier alpha value is -1.53. The van der Waals surface area contributed by atoms with Crippen LogP contribution in [0.3, 0.4) is 0 Å². The van der Waals surface area contributed by atoms with Crippen LogP contribution in [0.2, 0.25) is 0 Å². The Labute approximate surface area is 126 Å². The lowest BCUT2D eigenvalue weighted by molar-refractivity contribution is -0.123. The van der Waals surface area contributed by atoms with Gasteiger partial charge in [-0.25, -0.2) is 0 Å². The first-order valence-corrected chi connectivity index (χ1v) is 7.45. The number of thiocarbonyl (C=S) groups is 1. The minimum absolute atomic E-state index is 0.0346. The summed E-state index contributed by atoms with van der Waals surface area (Å²) in [5.41, 5.74) is 0.901. The lowest BCUT2D eigenvalue weighted by atomic mass is 10.2. The van der Waals surface area contributed by atoms with Crippen LogP contribution in [-0.4, -0.2) is 28.0 Å². The van der Waals surface area contributed by atoms with Gasteiger partial charge in [-0.1, -0.05) is 30.0 Å². The molecule has 1 amide bonds. The van der Waals surface area contributed by atoms with Gasteiger partial charge >= 0.3 is 0 Å². The molecule has 20 heavy (non-hydrogen) atoms. The zero-order chi connectivity index (χ0) is 14.3. The number of amides is 1. The molecule has 1 saturated heterocycles. The molecule has 0 saturated carbocycles. The molecule has 0 bridgehead atoms. The van der Waals surface area contributed by atoms with Crippen LogP contribution in [0.4, 0.5) is 0 Å². The van der Waals surface area contributed by atoms with Gasteiger partial charge in [0.25, 0.3) is 5.91 Å². The maximum absolute atomic E-state index is 12.3. The van der Waals surface area contributed by atoms with Crippen LogP contribution in [-0.2, 0) is 4.79 Å². The van der Waals surface area contributed by atoms with Gasteiger partial charge in [-0.05, 0) is 37.6 Å². The minimum atomic E-state index is -0.0346. The molecule has 0 aliphatic carbocycles. The molecule has 0 aromatic heterocycles. The summed E-state index contributed by atoms with van der Waals surface area (Å²) in [5, 5.41) is 0. The number of hydrogen-bond donors (Lipinski definition) is 0. The van der Waals surface area contributed by atoms with E-state index in [1.807, 2.05) is 38.1 Å². The van der Waals surface area contributed by atoms with Gasteiger partial charge in [0.05, 0.1) is 4.91 Å². The van der Waals surface area contributed by atoms with Crippen molar-refractivity contribution in [3.63, 3.8) is 0 Å². The Morgan fingerprint density at radius 2 is 2.10 bits per heavy atom. The highest BCUT2D eigenvalue weighted by Gasteiger charge is 2.33. The highest BCUT2D eigenvalue weighted by atomic mass is 32.2. The van der Waals surface area contributed by atoms with Crippen LogP contribution < -0.4 is 9.47 Å².